The standard InChI is InChI=1S/C22H18O5/c1-13-8-21(26-12-13)17-10-22-16(9-20(17)25-3)18(23)11-19(27-22)14-4-6-15(24-2)7-5-14/h4-12H,1-3H3. The average Bonchev–Trinajstić information content (AvgIpc) is 3.13. The highest BCUT2D eigenvalue weighted by molar-refractivity contribution is 5.87. The maximum atomic E-state index is 12.7. The largest absolute Gasteiger partial charge is 0.497 e. The lowest BCUT2D eigenvalue weighted by atomic mass is 10.1. The second-order valence-electron chi connectivity index (χ2n) is 6.24. The lowest BCUT2D eigenvalue weighted by Gasteiger charge is -2.09. The van der Waals surface area contributed by atoms with Crippen molar-refractivity contribution in [1.29, 1.82) is 0 Å². The molecule has 0 fully saturated rings. The van der Waals surface area contributed by atoms with Gasteiger partial charge in [-0.3, -0.25) is 4.79 Å². The van der Waals surface area contributed by atoms with Crippen molar-refractivity contribution in [3.63, 3.8) is 0 Å². The molecule has 0 unspecified atom stereocenters. The van der Waals surface area contributed by atoms with Gasteiger partial charge in [0.1, 0.15) is 28.6 Å². The number of methoxy groups -OCH3 is 2. The Morgan fingerprint density at radius 1 is 0.889 bits per heavy atom. The molecule has 0 aliphatic heterocycles. The van der Waals surface area contributed by atoms with Crippen LogP contribution in [0.5, 0.6) is 11.5 Å². The van der Waals surface area contributed by atoms with Crippen LogP contribution in [-0.4, -0.2) is 14.2 Å². The monoisotopic (exact) mass is 362 g/mol. The smallest absolute Gasteiger partial charge is 0.193 e. The summed E-state index contributed by atoms with van der Waals surface area (Å²) in [6.07, 6.45) is 1.67. The molecule has 0 aliphatic carbocycles. The molecule has 0 saturated heterocycles. The van der Waals surface area contributed by atoms with Crippen LogP contribution in [0.25, 0.3) is 33.6 Å². The first kappa shape index (κ1) is 17.0. The fraction of sp³-hybridized carbons (Fsp3) is 0.136. The minimum absolute atomic E-state index is 0.137. The highest BCUT2D eigenvalue weighted by Gasteiger charge is 2.15. The van der Waals surface area contributed by atoms with Crippen molar-refractivity contribution in [2.24, 2.45) is 0 Å². The Balaban J connectivity index is 1.91. The van der Waals surface area contributed by atoms with Gasteiger partial charge in [0, 0.05) is 11.6 Å². The molecule has 2 aromatic carbocycles. The molecule has 4 rings (SSSR count). The molecule has 0 amide bonds. The van der Waals surface area contributed by atoms with Crippen LogP contribution >= 0.6 is 0 Å². The number of rotatable bonds is 4. The van der Waals surface area contributed by atoms with Crippen LogP contribution in [-0.2, 0) is 0 Å². The molecule has 0 spiro atoms. The van der Waals surface area contributed by atoms with Crippen LogP contribution in [0.15, 0.2) is 68.4 Å². The molecule has 0 N–H and O–H groups in total. The second kappa shape index (κ2) is 6.68. The highest BCUT2D eigenvalue weighted by atomic mass is 16.5. The minimum Gasteiger partial charge on any atom is -0.497 e. The normalized spacial score (nSPS) is 10.9. The maximum Gasteiger partial charge on any atom is 0.193 e. The summed E-state index contributed by atoms with van der Waals surface area (Å²) in [4.78, 5) is 12.7. The number of hydrogen-bond acceptors (Lipinski definition) is 5. The van der Waals surface area contributed by atoms with Crippen LogP contribution in [0.3, 0.4) is 0 Å². The summed E-state index contributed by atoms with van der Waals surface area (Å²) < 4.78 is 22.3. The van der Waals surface area contributed by atoms with Gasteiger partial charge in [-0.25, -0.2) is 0 Å². The van der Waals surface area contributed by atoms with E-state index in [0.29, 0.717) is 28.2 Å². The number of aryl methyl sites for hydroxylation is 1. The van der Waals surface area contributed by atoms with Crippen LogP contribution in [0, 0.1) is 6.92 Å². The molecule has 4 aromatic rings. The van der Waals surface area contributed by atoms with E-state index in [2.05, 4.69) is 0 Å². The molecular formula is C22H18O5. The molecular weight excluding hydrogens is 344 g/mol. The van der Waals surface area contributed by atoms with Gasteiger partial charge in [0.25, 0.3) is 0 Å². The van der Waals surface area contributed by atoms with Gasteiger partial charge in [0.2, 0.25) is 0 Å². The van der Waals surface area contributed by atoms with E-state index in [4.69, 9.17) is 18.3 Å². The molecule has 0 aliphatic rings. The predicted octanol–water partition coefficient (Wildman–Crippen LogP) is 5.05. The average molecular weight is 362 g/mol. The number of hydrogen-bond donors (Lipinski definition) is 0. The maximum absolute atomic E-state index is 12.7. The molecule has 0 bridgehead atoms. The van der Waals surface area contributed by atoms with Gasteiger partial charge in [-0.05, 0) is 55.0 Å². The highest BCUT2D eigenvalue weighted by Crippen LogP contribution is 2.35. The van der Waals surface area contributed by atoms with Crippen LogP contribution in [0.1, 0.15) is 5.56 Å². The summed E-state index contributed by atoms with van der Waals surface area (Å²) in [5.41, 5.74) is 2.86. The molecule has 2 aromatic heterocycles. The number of furan rings is 1. The Kier molecular flexibility index (Phi) is 4.20. The van der Waals surface area contributed by atoms with Crippen LogP contribution in [0.2, 0.25) is 0 Å². The summed E-state index contributed by atoms with van der Waals surface area (Å²) in [5, 5.41) is 0.455. The molecule has 5 heteroatoms. The van der Waals surface area contributed by atoms with Gasteiger partial charge >= 0.3 is 0 Å². The van der Waals surface area contributed by atoms with E-state index in [1.165, 1.54) is 6.07 Å². The van der Waals surface area contributed by atoms with Crippen molar-refractivity contribution in [3.8, 4) is 34.1 Å². The van der Waals surface area contributed by atoms with Crippen LogP contribution < -0.4 is 14.9 Å². The summed E-state index contributed by atoms with van der Waals surface area (Å²) >= 11 is 0. The van der Waals surface area contributed by atoms with Crippen molar-refractivity contribution in [3.05, 3.63) is 70.6 Å². The van der Waals surface area contributed by atoms with Gasteiger partial charge < -0.3 is 18.3 Å². The molecule has 2 heterocycles. The molecule has 5 nitrogen and oxygen atoms in total. The van der Waals surface area contributed by atoms with Crippen molar-refractivity contribution in [1.82, 2.24) is 0 Å². The van der Waals surface area contributed by atoms with Crippen molar-refractivity contribution >= 4 is 11.0 Å². The lowest BCUT2D eigenvalue weighted by Crippen LogP contribution is -2.01. The van der Waals surface area contributed by atoms with Gasteiger partial charge in [-0.1, -0.05) is 0 Å². The molecule has 136 valence electrons. The Morgan fingerprint density at radius 2 is 1.67 bits per heavy atom. The summed E-state index contributed by atoms with van der Waals surface area (Å²) in [5.74, 6) is 2.44. The minimum atomic E-state index is -0.137. The number of ether oxygens (including phenoxy) is 2. The topological polar surface area (TPSA) is 61.8 Å². The fourth-order valence-corrected chi connectivity index (χ4v) is 3.01. The first-order valence-electron chi connectivity index (χ1n) is 8.45. The number of fused-ring (bicyclic) bond motifs is 1. The van der Waals surface area contributed by atoms with Gasteiger partial charge in [-0.15, -0.1) is 0 Å². The number of benzene rings is 2. The Labute approximate surface area is 155 Å². The zero-order chi connectivity index (χ0) is 19.0. The summed E-state index contributed by atoms with van der Waals surface area (Å²) in [6, 6.07) is 14.2. The van der Waals surface area contributed by atoms with E-state index in [-0.39, 0.29) is 5.43 Å². The van der Waals surface area contributed by atoms with Crippen LogP contribution in [0.4, 0.5) is 0 Å². The van der Waals surface area contributed by atoms with E-state index in [1.54, 1.807) is 32.6 Å². The quantitative estimate of drug-likeness (QED) is 0.509. The van der Waals surface area contributed by atoms with E-state index in [9.17, 15) is 4.79 Å². The third-order valence-corrected chi connectivity index (χ3v) is 4.42. The molecule has 0 atom stereocenters. The lowest BCUT2D eigenvalue weighted by molar-refractivity contribution is 0.414. The molecule has 27 heavy (non-hydrogen) atoms. The van der Waals surface area contributed by atoms with Gasteiger partial charge in [0.15, 0.2) is 5.43 Å². The third kappa shape index (κ3) is 3.08. The SMILES string of the molecule is COc1ccc(-c2cc(=O)c3cc(OC)c(-c4cc(C)co4)cc3o2)cc1. The van der Waals surface area contributed by atoms with Crippen molar-refractivity contribution in [2.45, 2.75) is 6.92 Å². The fourth-order valence-electron chi connectivity index (χ4n) is 3.01. The van der Waals surface area contributed by atoms with E-state index >= 15 is 0 Å². The van der Waals surface area contributed by atoms with Crippen molar-refractivity contribution < 1.29 is 18.3 Å². The predicted molar refractivity (Wildman–Crippen MR) is 103 cm³/mol. The van der Waals surface area contributed by atoms with Gasteiger partial charge in [0.05, 0.1) is 31.4 Å². The Hall–Kier alpha value is -3.47. The second-order valence-corrected chi connectivity index (χ2v) is 6.24. The van der Waals surface area contributed by atoms with E-state index in [1.807, 2.05) is 37.3 Å². The first-order chi connectivity index (χ1) is 13.1. The summed E-state index contributed by atoms with van der Waals surface area (Å²) in [7, 11) is 3.17. The zero-order valence-electron chi connectivity index (χ0n) is 15.2. The Morgan fingerprint density at radius 3 is 2.30 bits per heavy atom. The van der Waals surface area contributed by atoms with Gasteiger partial charge in [-0.2, -0.15) is 0 Å². The third-order valence-electron chi connectivity index (χ3n) is 4.42. The first-order valence-corrected chi connectivity index (χ1v) is 8.45. The zero-order valence-corrected chi connectivity index (χ0v) is 15.2. The van der Waals surface area contributed by atoms with E-state index in [0.717, 1.165) is 22.4 Å². The molecule has 0 saturated carbocycles. The Bertz CT molecular complexity index is 1170. The molecule has 0 radical (unpaired) electrons. The summed E-state index contributed by atoms with van der Waals surface area (Å²) in [6.45, 7) is 1.95. The van der Waals surface area contributed by atoms with E-state index < -0.39 is 0 Å². The van der Waals surface area contributed by atoms with Crippen molar-refractivity contribution in [2.75, 3.05) is 14.2 Å².